The van der Waals surface area contributed by atoms with Gasteiger partial charge in [-0.2, -0.15) is 12.6 Å². The Bertz CT molecular complexity index is 300. The highest BCUT2D eigenvalue weighted by molar-refractivity contribution is 7.80. The van der Waals surface area contributed by atoms with Crippen LogP contribution in [0, 0.1) is 0 Å². The predicted octanol–water partition coefficient (Wildman–Crippen LogP) is 1.90. The molecule has 1 aromatic rings. The van der Waals surface area contributed by atoms with Crippen LogP contribution in [-0.4, -0.2) is 16.8 Å². The van der Waals surface area contributed by atoms with Crippen LogP contribution in [0.25, 0.3) is 0 Å². The Morgan fingerprint density at radius 3 is 2.46 bits per heavy atom. The maximum absolute atomic E-state index is 11.7. The van der Waals surface area contributed by atoms with Gasteiger partial charge in [-0.25, -0.2) is 0 Å². The lowest BCUT2D eigenvalue weighted by Gasteiger charge is -2.10. The topological polar surface area (TPSA) is 37.3 Å². The van der Waals surface area contributed by atoms with E-state index in [1.807, 2.05) is 6.07 Å². The molecule has 0 heterocycles. The van der Waals surface area contributed by atoms with E-state index in [2.05, 4.69) is 12.6 Å². The Morgan fingerprint density at radius 1 is 1.31 bits per heavy atom. The number of rotatable bonds is 4. The third kappa shape index (κ3) is 3.18. The fourth-order valence-corrected chi connectivity index (χ4v) is 2.97. The van der Waals surface area contributed by atoms with Gasteiger partial charge in [-0.05, 0) is 24.3 Å². The highest BCUT2D eigenvalue weighted by Gasteiger charge is 2.19. The Kier molecular flexibility index (Phi) is 4.04. The molecule has 0 aliphatic rings. The molecule has 0 radical (unpaired) electrons. The lowest BCUT2D eigenvalue weighted by atomic mass is 10.4. The summed E-state index contributed by atoms with van der Waals surface area (Å²) in [7, 11) is -3.11. The molecule has 0 aromatic heterocycles. The van der Waals surface area contributed by atoms with Crippen molar-refractivity contribution in [3.05, 3.63) is 30.3 Å². The van der Waals surface area contributed by atoms with Crippen LogP contribution in [0.2, 0.25) is 0 Å². The van der Waals surface area contributed by atoms with Gasteiger partial charge in [0, 0.05) is 11.5 Å². The molecule has 1 unspecified atom stereocenters. The van der Waals surface area contributed by atoms with Gasteiger partial charge in [-0.15, -0.1) is 0 Å². The van der Waals surface area contributed by atoms with Gasteiger partial charge in [-0.3, -0.25) is 4.57 Å². The summed E-state index contributed by atoms with van der Waals surface area (Å²) in [6, 6.07) is 8.78. The van der Waals surface area contributed by atoms with Crippen molar-refractivity contribution in [3.8, 4) is 0 Å². The molecule has 2 nitrogen and oxygen atoms in total. The Morgan fingerprint density at radius 2 is 1.92 bits per heavy atom. The van der Waals surface area contributed by atoms with Crippen molar-refractivity contribution >= 4 is 25.3 Å². The molecule has 4 heteroatoms. The first-order valence-electron chi connectivity index (χ1n) is 4.15. The monoisotopic (exact) mass is 216 g/mol. The number of hydrogen-bond acceptors (Lipinski definition) is 2. The summed E-state index contributed by atoms with van der Waals surface area (Å²) in [5.74, 6) is 0.650. The lowest BCUT2D eigenvalue weighted by Crippen LogP contribution is -2.06. The van der Waals surface area contributed by atoms with Gasteiger partial charge in [0.2, 0.25) is 7.37 Å². The zero-order valence-electron chi connectivity index (χ0n) is 7.26. The summed E-state index contributed by atoms with van der Waals surface area (Å²) >= 11 is 4.01. The molecular weight excluding hydrogens is 203 g/mol. The lowest BCUT2D eigenvalue weighted by molar-refractivity contribution is 0.489. The molecule has 72 valence electrons. The molecule has 1 aromatic carbocycles. The van der Waals surface area contributed by atoms with E-state index < -0.39 is 7.37 Å². The van der Waals surface area contributed by atoms with Crippen LogP contribution in [-0.2, 0) is 4.57 Å². The van der Waals surface area contributed by atoms with Crippen molar-refractivity contribution in [2.24, 2.45) is 0 Å². The largest absolute Gasteiger partial charge is 0.341 e. The maximum Gasteiger partial charge on any atom is 0.229 e. The summed E-state index contributed by atoms with van der Waals surface area (Å²) in [6.45, 7) is 0. The minimum Gasteiger partial charge on any atom is -0.341 e. The van der Waals surface area contributed by atoms with E-state index in [0.717, 1.165) is 0 Å². The fourth-order valence-electron chi connectivity index (χ4n) is 1.08. The Balaban J connectivity index is 2.76. The van der Waals surface area contributed by atoms with Crippen LogP contribution in [0.4, 0.5) is 0 Å². The van der Waals surface area contributed by atoms with Crippen LogP contribution >= 0.6 is 20.0 Å². The van der Waals surface area contributed by atoms with Crippen LogP contribution in [0.1, 0.15) is 6.42 Å². The van der Waals surface area contributed by atoms with Crippen molar-refractivity contribution in [1.29, 1.82) is 0 Å². The van der Waals surface area contributed by atoms with E-state index >= 15 is 0 Å². The molecule has 0 saturated heterocycles. The van der Waals surface area contributed by atoms with E-state index in [1.165, 1.54) is 0 Å². The van der Waals surface area contributed by atoms with Gasteiger partial charge in [0.1, 0.15) is 0 Å². The molecule has 0 aliphatic heterocycles. The van der Waals surface area contributed by atoms with E-state index in [9.17, 15) is 9.46 Å². The van der Waals surface area contributed by atoms with Gasteiger partial charge in [-0.1, -0.05) is 18.2 Å². The highest BCUT2D eigenvalue weighted by atomic mass is 32.1. The van der Waals surface area contributed by atoms with Crippen LogP contribution in [0.5, 0.6) is 0 Å². The highest BCUT2D eigenvalue weighted by Crippen LogP contribution is 2.39. The quantitative estimate of drug-likeness (QED) is 0.596. The number of hydrogen-bond donors (Lipinski definition) is 2. The molecule has 0 spiro atoms. The summed E-state index contributed by atoms with van der Waals surface area (Å²) < 4.78 is 11.7. The van der Waals surface area contributed by atoms with E-state index in [-0.39, 0.29) is 0 Å². The normalized spacial score (nSPS) is 15.2. The first-order valence-corrected chi connectivity index (χ1v) is 6.63. The third-order valence-electron chi connectivity index (χ3n) is 1.78. The number of thiol groups is 1. The summed E-state index contributed by atoms with van der Waals surface area (Å²) in [5, 5.41) is 0.539. The second kappa shape index (κ2) is 4.85. The molecule has 0 fully saturated rings. The van der Waals surface area contributed by atoms with E-state index in [0.29, 0.717) is 23.6 Å². The molecule has 0 amide bonds. The average molecular weight is 216 g/mol. The summed E-state index contributed by atoms with van der Waals surface area (Å²) in [4.78, 5) is 9.64. The third-order valence-corrected chi connectivity index (χ3v) is 4.12. The SMILES string of the molecule is O=P(O)(CCCS)c1ccccc1. The molecule has 1 N–H and O–H groups in total. The molecule has 1 atom stereocenters. The molecule has 13 heavy (non-hydrogen) atoms. The zero-order valence-corrected chi connectivity index (χ0v) is 9.05. The molecule has 0 aliphatic carbocycles. The van der Waals surface area contributed by atoms with Crippen LogP contribution in [0.3, 0.4) is 0 Å². The van der Waals surface area contributed by atoms with Gasteiger partial charge >= 0.3 is 0 Å². The standard InChI is InChI=1S/C9H13O2PS/c10-12(11,7-4-8-13)9-5-2-1-3-6-9/h1-3,5-6,13H,4,7-8H2,(H,10,11). The number of benzene rings is 1. The summed E-state index contributed by atoms with van der Waals surface area (Å²) in [6.07, 6.45) is 0.992. The molecule has 0 saturated carbocycles. The van der Waals surface area contributed by atoms with Crippen molar-refractivity contribution in [2.75, 3.05) is 11.9 Å². The van der Waals surface area contributed by atoms with Gasteiger partial charge in [0.25, 0.3) is 0 Å². The van der Waals surface area contributed by atoms with Crippen molar-refractivity contribution in [1.82, 2.24) is 0 Å². The van der Waals surface area contributed by atoms with Crippen LogP contribution < -0.4 is 5.30 Å². The summed E-state index contributed by atoms with van der Waals surface area (Å²) in [5.41, 5.74) is 0. The zero-order chi connectivity index (χ0) is 9.73. The fraction of sp³-hybridized carbons (Fsp3) is 0.333. The van der Waals surface area contributed by atoms with Gasteiger partial charge in [0.05, 0.1) is 0 Å². The van der Waals surface area contributed by atoms with Gasteiger partial charge < -0.3 is 4.89 Å². The first kappa shape index (κ1) is 10.8. The predicted molar refractivity (Wildman–Crippen MR) is 59.2 cm³/mol. The average Bonchev–Trinajstić information content (AvgIpc) is 2.16. The second-order valence-electron chi connectivity index (χ2n) is 2.84. The molecule has 0 bridgehead atoms. The van der Waals surface area contributed by atoms with Gasteiger partial charge in [0.15, 0.2) is 0 Å². The molecule has 1 rings (SSSR count). The van der Waals surface area contributed by atoms with Crippen molar-refractivity contribution in [2.45, 2.75) is 6.42 Å². The maximum atomic E-state index is 11.7. The van der Waals surface area contributed by atoms with E-state index in [1.54, 1.807) is 24.3 Å². The van der Waals surface area contributed by atoms with Crippen LogP contribution in [0.15, 0.2) is 30.3 Å². The first-order chi connectivity index (χ1) is 6.17. The van der Waals surface area contributed by atoms with Crippen molar-refractivity contribution in [3.63, 3.8) is 0 Å². The van der Waals surface area contributed by atoms with Crippen molar-refractivity contribution < 1.29 is 9.46 Å². The molecular formula is C9H13O2PS. The van der Waals surface area contributed by atoms with E-state index in [4.69, 9.17) is 0 Å². The minimum absolute atomic E-state index is 0.320. The Hall–Kier alpha value is -0.240. The minimum atomic E-state index is -3.11. The smallest absolute Gasteiger partial charge is 0.229 e. The second-order valence-corrected chi connectivity index (χ2v) is 5.65. The Labute approximate surface area is 83.9 Å².